The van der Waals surface area contributed by atoms with Crippen molar-refractivity contribution in [2.75, 3.05) is 19.8 Å². The number of aryl methyl sites for hydroxylation is 1. The zero-order chi connectivity index (χ0) is 13.5. The Morgan fingerprint density at radius 2 is 2.37 bits per heavy atom. The van der Waals surface area contributed by atoms with E-state index in [2.05, 4.69) is 11.8 Å². The number of hydrogen-bond acceptors (Lipinski definition) is 3. The Labute approximate surface area is 115 Å². The second-order valence-corrected chi connectivity index (χ2v) is 4.78. The highest BCUT2D eigenvalue weighted by atomic mass is 16.5. The highest BCUT2D eigenvalue weighted by Crippen LogP contribution is 2.21. The fraction of sp³-hybridized carbons (Fsp3) is 0.500. The van der Waals surface area contributed by atoms with Crippen LogP contribution in [0.5, 0.6) is 5.75 Å². The summed E-state index contributed by atoms with van der Waals surface area (Å²) in [6.07, 6.45) is 3.63. The van der Waals surface area contributed by atoms with Crippen LogP contribution in [0.1, 0.15) is 30.4 Å². The molecule has 1 aromatic rings. The zero-order valence-corrected chi connectivity index (χ0v) is 11.4. The van der Waals surface area contributed by atoms with Gasteiger partial charge in [-0.15, -0.1) is 0 Å². The van der Waals surface area contributed by atoms with Crippen LogP contribution in [-0.2, 0) is 4.74 Å². The van der Waals surface area contributed by atoms with E-state index in [1.54, 1.807) is 0 Å². The molecule has 0 aromatic heterocycles. The molecule has 0 radical (unpaired) electrons. The molecule has 1 aliphatic heterocycles. The van der Waals surface area contributed by atoms with Crippen LogP contribution in [0.3, 0.4) is 0 Å². The number of hydrogen-bond donors (Lipinski definition) is 1. The molecule has 1 aromatic carbocycles. The second kappa shape index (κ2) is 7.18. The Kier molecular flexibility index (Phi) is 5.26. The Bertz CT molecular complexity index is 467. The molecule has 1 atom stereocenters. The standard InChI is InChI=1S/C16H21NO2/c1-13-6-7-16(14(12-13)4-2-9-17)19-11-8-15-5-3-10-18-15/h6-7,12,15H,3,5,8-11,17H2,1H3. The summed E-state index contributed by atoms with van der Waals surface area (Å²) in [5, 5.41) is 0. The van der Waals surface area contributed by atoms with Gasteiger partial charge in [0.05, 0.1) is 24.8 Å². The minimum atomic E-state index is 0.364. The predicted molar refractivity (Wildman–Crippen MR) is 76.2 cm³/mol. The van der Waals surface area contributed by atoms with Crippen molar-refractivity contribution >= 4 is 0 Å². The van der Waals surface area contributed by atoms with Gasteiger partial charge in [0.2, 0.25) is 0 Å². The van der Waals surface area contributed by atoms with Gasteiger partial charge >= 0.3 is 0 Å². The van der Waals surface area contributed by atoms with Crippen molar-refractivity contribution < 1.29 is 9.47 Å². The van der Waals surface area contributed by atoms with Gasteiger partial charge in [-0.1, -0.05) is 17.9 Å². The average Bonchev–Trinajstić information content (AvgIpc) is 2.91. The van der Waals surface area contributed by atoms with Gasteiger partial charge in [0.15, 0.2) is 0 Å². The Balaban J connectivity index is 1.94. The molecular weight excluding hydrogens is 238 g/mol. The second-order valence-electron chi connectivity index (χ2n) is 4.78. The lowest BCUT2D eigenvalue weighted by Crippen LogP contribution is -2.11. The van der Waals surface area contributed by atoms with E-state index in [1.165, 1.54) is 12.0 Å². The van der Waals surface area contributed by atoms with Crippen LogP contribution >= 0.6 is 0 Å². The predicted octanol–water partition coefficient (Wildman–Crippen LogP) is 2.25. The van der Waals surface area contributed by atoms with E-state index >= 15 is 0 Å². The summed E-state index contributed by atoms with van der Waals surface area (Å²) in [5.41, 5.74) is 7.50. The van der Waals surface area contributed by atoms with Crippen LogP contribution in [-0.4, -0.2) is 25.9 Å². The van der Waals surface area contributed by atoms with Gasteiger partial charge in [-0.25, -0.2) is 0 Å². The van der Waals surface area contributed by atoms with E-state index in [9.17, 15) is 0 Å². The molecule has 3 nitrogen and oxygen atoms in total. The summed E-state index contributed by atoms with van der Waals surface area (Å²) in [6.45, 7) is 3.97. The van der Waals surface area contributed by atoms with Gasteiger partial charge in [-0.05, 0) is 37.5 Å². The smallest absolute Gasteiger partial charge is 0.134 e. The quantitative estimate of drug-likeness (QED) is 0.843. The summed E-state index contributed by atoms with van der Waals surface area (Å²) in [5.74, 6) is 6.78. The van der Waals surface area contributed by atoms with Crippen molar-refractivity contribution in [3.63, 3.8) is 0 Å². The van der Waals surface area contributed by atoms with Gasteiger partial charge in [-0.3, -0.25) is 0 Å². The lowest BCUT2D eigenvalue weighted by atomic mass is 10.1. The molecule has 1 saturated heterocycles. The lowest BCUT2D eigenvalue weighted by molar-refractivity contribution is 0.0903. The monoisotopic (exact) mass is 259 g/mol. The molecule has 1 aliphatic rings. The average molecular weight is 259 g/mol. The van der Waals surface area contributed by atoms with E-state index in [-0.39, 0.29) is 0 Å². The van der Waals surface area contributed by atoms with Crippen LogP contribution in [0.15, 0.2) is 18.2 Å². The topological polar surface area (TPSA) is 44.5 Å². The van der Waals surface area contributed by atoms with Crippen LogP contribution in [0.25, 0.3) is 0 Å². The molecule has 0 bridgehead atoms. The molecule has 1 fully saturated rings. The van der Waals surface area contributed by atoms with Gasteiger partial charge < -0.3 is 15.2 Å². The van der Waals surface area contributed by atoms with Crippen molar-refractivity contribution in [3.8, 4) is 17.6 Å². The first-order chi connectivity index (χ1) is 9.29. The largest absolute Gasteiger partial charge is 0.492 e. The summed E-state index contributed by atoms with van der Waals surface area (Å²) in [6, 6.07) is 6.05. The fourth-order valence-electron chi connectivity index (χ4n) is 2.19. The Morgan fingerprint density at radius 3 is 3.11 bits per heavy atom. The van der Waals surface area contributed by atoms with Crippen molar-refractivity contribution in [2.45, 2.75) is 32.3 Å². The fourth-order valence-corrected chi connectivity index (χ4v) is 2.19. The Morgan fingerprint density at radius 1 is 1.47 bits per heavy atom. The number of nitrogens with two attached hydrogens (primary N) is 1. The van der Waals surface area contributed by atoms with E-state index < -0.39 is 0 Å². The minimum Gasteiger partial charge on any atom is -0.492 e. The summed E-state index contributed by atoms with van der Waals surface area (Å²) in [7, 11) is 0. The summed E-state index contributed by atoms with van der Waals surface area (Å²) in [4.78, 5) is 0. The van der Waals surface area contributed by atoms with E-state index in [0.29, 0.717) is 19.3 Å². The number of rotatable bonds is 4. The molecule has 0 aliphatic carbocycles. The van der Waals surface area contributed by atoms with Crippen LogP contribution in [0.2, 0.25) is 0 Å². The third-order valence-electron chi connectivity index (χ3n) is 3.18. The highest BCUT2D eigenvalue weighted by molar-refractivity contribution is 5.48. The van der Waals surface area contributed by atoms with E-state index in [4.69, 9.17) is 15.2 Å². The maximum atomic E-state index is 5.83. The first-order valence-electron chi connectivity index (χ1n) is 6.83. The number of ether oxygens (including phenoxy) is 2. The van der Waals surface area contributed by atoms with Gasteiger partial charge in [0.25, 0.3) is 0 Å². The molecule has 2 rings (SSSR count). The summed E-state index contributed by atoms with van der Waals surface area (Å²) < 4.78 is 11.4. The van der Waals surface area contributed by atoms with Gasteiger partial charge in [0.1, 0.15) is 5.75 Å². The first-order valence-corrected chi connectivity index (χ1v) is 6.83. The molecule has 0 amide bonds. The van der Waals surface area contributed by atoms with Gasteiger partial charge in [-0.2, -0.15) is 0 Å². The van der Waals surface area contributed by atoms with Crippen molar-refractivity contribution in [1.29, 1.82) is 0 Å². The van der Waals surface area contributed by atoms with Crippen molar-refractivity contribution in [3.05, 3.63) is 29.3 Å². The van der Waals surface area contributed by atoms with Crippen molar-refractivity contribution in [2.24, 2.45) is 5.73 Å². The van der Waals surface area contributed by atoms with Crippen LogP contribution in [0.4, 0.5) is 0 Å². The SMILES string of the molecule is Cc1ccc(OCCC2CCCO2)c(C#CCN)c1. The highest BCUT2D eigenvalue weighted by Gasteiger charge is 2.15. The minimum absolute atomic E-state index is 0.364. The lowest BCUT2D eigenvalue weighted by Gasteiger charge is -2.12. The Hall–Kier alpha value is -1.50. The molecule has 102 valence electrons. The molecule has 1 unspecified atom stereocenters. The first kappa shape index (κ1) is 13.9. The molecule has 1 heterocycles. The zero-order valence-electron chi connectivity index (χ0n) is 11.4. The van der Waals surface area contributed by atoms with Crippen molar-refractivity contribution in [1.82, 2.24) is 0 Å². The molecule has 19 heavy (non-hydrogen) atoms. The molecule has 3 heteroatoms. The summed E-state index contributed by atoms with van der Waals surface area (Å²) >= 11 is 0. The molecule has 0 saturated carbocycles. The molecule has 0 spiro atoms. The number of benzene rings is 1. The van der Waals surface area contributed by atoms with E-state index in [0.717, 1.165) is 30.8 Å². The third-order valence-corrected chi connectivity index (χ3v) is 3.18. The maximum Gasteiger partial charge on any atom is 0.134 e. The normalized spacial score (nSPS) is 17.9. The van der Waals surface area contributed by atoms with Crippen LogP contribution in [0, 0.1) is 18.8 Å². The van der Waals surface area contributed by atoms with E-state index in [1.807, 2.05) is 25.1 Å². The molecular formula is C16H21NO2. The van der Waals surface area contributed by atoms with Gasteiger partial charge in [0, 0.05) is 13.0 Å². The third kappa shape index (κ3) is 4.27. The van der Waals surface area contributed by atoms with Crippen LogP contribution < -0.4 is 10.5 Å². The molecule has 2 N–H and O–H groups in total. The maximum absolute atomic E-state index is 5.83.